The molecule has 0 unspecified atom stereocenters. The topological polar surface area (TPSA) is 9.23 Å². The summed E-state index contributed by atoms with van der Waals surface area (Å²) in [6, 6.07) is 5.67. The van der Waals surface area contributed by atoms with Crippen LogP contribution in [-0.4, -0.2) is 6.61 Å². The number of benzene rings is 2. The van der Waals surface area contributed by atoms with Crippen molar-refractivity contribution in [2.24, 2.45) is 0 Å². The van der Waals surface area contributed by atoms with Gasteiger partial charge in [0.25, 0.3) is 0 Å². The third-order valence-electron chi connectivity index (χ3n) is 2.98. The summed E-state index contributed by atoms with van der Waals surface area (Å²) in [5, 5.41) is 0. The smallest absolute Gasteiger partial charge is 0.201 e. The van der Waals surface area contributed by atoms with Crippen molar-refractivity contribution in [2.75, 3.05) is 6.61 Å². The molecular formula is C16H14BrF3O. The Morgan fingerprint density at radius 2 is 1.81 bits per heavy atom. The van der Waals surface area contributed by atoms with E-state index < -0.39 is 17.5 Å². The van der Waals surface area contributed by atoms with E-state index >= 15 is 0 Å². The molecule has 5 heteroatoms. The van der Waals surface area contributed by atoms with Crippen molar-refractivity contribution in [3.05, 3.63) is 51.8 Å². The Kier molecular flexibility index (Phi) is 4.93. The van der Waals surface area contributed by atoms with Crippen LogP contribution in [0.15, 0.2) is 28.7 Å². The molecule has 0 aliphatic rings. The summed E-state index contributed by atoms with van der Waals surface area (Å²) in [5.41, 5.74) is 0.566. The first-order chi connectivity index (χ1) is 9.95. The molecule has 0 atom stereocenters. The summed E-state index contributed by atoms with van der Waals surface area (Å²) in [4.78, 5) is 0. The minimum Gasteiger partial charge on any atom is -0.490 e. The molecule has 0 bridgehead atoms. The maximum atomic E-state index is 14.3. The van der Waals surface area contributed by atoms with Crippen LogP contribution < -0.4 is 4.74 Å². The highest BCUT2D eigenvalue weighted by molar-refractivity contribution is 9.10. The number of ether oxygens (including phenoxy) is 1. The quantitative estimate of drug-likeness (QED) is 0.643. The zero-order valence-electron chi connectivity index (χ0n) is 11.6. The van der Waals surface area contributed by atoms with Crippen molar-refractivity contribution in [1.29, 1.82) is 0 Å². The molecule has 0 radical (unpaired) electrons. The summed E-state index contributed by atoms with van der Waals surface area (Å²) in [6.45, 7) is 3.86. The van der Waals surface area contributed by atoms with Crippen LogP contribution in [0.25, 0.3) is 11.1 Å². The van der Waals surface area contributed by atoms with Gasteiger partial charge in [-0.15, -0.1) is 0 Å². The van der Waals surface area contributed by atoms with Gasteiger partial charge >= 0.3 is 0 Å². The van der Waals surface area contributed by atoms with Gasteiger partial charge in [0.15, 0.2) is 11.6 Å². The first-order valence-corrected chi connectivity index (χ1v) is 7.31. The second kappa shape index (κ2) is 6.52. The summed E-state index contributed by atoms with van der Waals surface area (Å²) >= 11 is 3.16. The molecule has 0 fully saturated rings. The van der Waals surface area contributed by atoms with Gasteiger partial charge in [0.2, 0.25) is 5.82 Å². The van der Waals surface area contributed by atoms with Gasteiger partial charge in [0.05, 0.1) is 6.61 Å². The molecule has 2 aromatic rings. The van der Waals surface area contributed by atoms with Gasteiger partial charge in [-0.3, -0.25) is 0 Å². The summed E-state index contributed by atoms with van der Waals surface area (Å²) in [6.07, 6.45) is 0.674. The second-order valence-electron chi connectivity index (χ2n) is 4.69. The zero-order chi connectivity index (χ0) is 15.6. The predicted molar refractivity (Wildman–Crippen MR) is 80.0 cm³/mol. The first kappa shape index (κ1) is 15.9. The number of rotatable bonds is 4. The van der Waals surface area contributed by atoms with Crippen LogP contribution in [0.4, 0.5) is 13.2 Å². The van der Waals surface area contributed by atoms with Gasteiger partial charge < -0.3 is 4.74 Å². The molecule has 1 nitrogen and oxygen atoms in total. The van der Waals surface area contributed by atoms with Gasteiger partial charge in [0, 0.05) is 15.6 Å². The van der Waals surface area contributed by atoms with E-state index in [2.05, 4.69) is 15.9 Å². The van der Waals surface area contributed by atoms with Gasteiger partial charge in [-0.25, -0.2) is 8.78 Å². The van der Waals surface area contributed by atoms with E-state index in [-0.39, 0.29) is 28.0 Å². The standard InChI is InChI=1S/C16H14BrF3O/c1-3-6-21-13-8-11(17)14(16(20)15(13)19)10-5-4-9(2)7-12(10)18/h4-5,7-8H,3,6H2,1-2H3. The Morgan fingerprint density at radius 3 is 2.43 bits per heavy atom. The minimum absolute atomic E-state index is 0.00548. The van der Waals surface area contributed by atoms with Crippen LogP contribution in [0.3, 0.4) is 0 Å². The normalized spacial score (nSPS) is 10.8. The number of hydrogen-bond acceptors (Lipinski definition) is 1. The average Bonchev–Trinajstić information content (AvgIpc) is 2.43. The van der Waals surface area contributed by atoms with E-state index in [1.54, 1.807) is 13.0 Å². The van der Waals surface area contributed by atoms with E-state index in [0.717, 1.165) is 0 Å². The van der Waals surface area contributed by atoms with Crippen molar-refractivity contribution in [3.63, 3.8) is 0 Å². The highest BCUT2D eigenvalue weighted by atomic mass is 79.9. The fourth-order valence-corrected chi connectivity index (χ4v) is 2.56. The molecule has 0 aliphatic heterocycles. The van der Waals surface area contributed by atoms with Crippen molar-refractivity contribution < 1.29 is 17.9 Å². The molecule has 0 aromatic heterocycles. The largest absolute Gasteiger partial charge is 0.490 e. The van der Waals surface area contributed by atoms with E-state index in [9.17, 15) is 13.2 Å². The molecule has 0 saturated heterocycles. The van der Waals surface area contributed by atoms with Crippen molar-refractivity contribution in [2.45, 2.75) is 20.3 Å². The molecule has 0 spiro atoms. The lowest BCUT2D eigenvalue weighted by Gasteiger charge is -2.13. The lowest BCUT2D eigenvalue weighted by Crippen LogP contribution is -2.02. The van der Waals surface area contributed by atoms with Gasteiger partial charge in [0.1, 0.15) is 5.82 Å². The van der Waals surface area contributed by atoms with E-state index in [1.165, 1.54) is 18.2 Å². The van der Waals surface area contributed by atoms with Gasteiger partial charge in [-0.05, 0) is 47.0 Å². The maximum absolute atomic E-state index is 14.3. The molecule has 112 valence electrons. The monoisotopic (exact) mass is 358 g/mol. The van der Waals surface area contributed by atoms with E-state index in [0.29, 0.717) is 12.0 Å². The first-order valence-electron chi connectivity index (χ1n) is 6.52. The molecule has 0 heterocycles. The van der Waals surface area contributed by atoms with Crippen LogP contribution in [0, 0.1) is 24.4 Å². The highest BCUT2D eigenvalue weighted by Crippen LogP contribution is 2.38. The summed E-state index contributed by atoms with van der Waals surface area (Å²) in [7, 11) is 0. The minimum atomic E-state index is -1.13. The van der Waals surface area contributed by atoms with E-state index in [4.69, 9.17) is 4.74 Å². The third kappa shape index (κ3) is 3.23. The Hall–Kier alpha value is -1.49. The fourth-order valence-electron chi connectivity index (χ4n) is 1.96. The Balaban J connectivity index is 2.57. The molecule has 21 heavy (non-hydrogen) atoms. The van der Waals surface area contributed by atoms with Crippen LogP contribution in [-0.2, 0) is 0 Å². The molecular weight excluding hydrogens is 345 g/mol. The lowest BCUT2D eigenvalue weighted by atomic mass is 10.0. The molecule has 0 saturated carbocycles. The molecule has 2 rings (SSSR count). The number of aryl methyl sites for hydroxylation is 1. The van der Waals surface area contributed by atoms with Crippen molar-refractivity contribution in [1.82, 2.24) is 0 Å². The summed E-state index contributed by atoms with van der Waals surface area (Å²) in [5.74, 6) is -3.02. The van der Waals surface area contributed by atoms with Crippen molar-refractivity contribution >= 4 is 15.9 Å². The average molecular weight is 359 g/mol. The predicted octanol–water partition coefficient (Wildman–Crippen LogP) is 5.63. The maximum Gasteiger partial charge on any atom is 0.201 e. The lowest BCUT2D eigenvalue weighted by molar-refractivity contribution is 0.295. The Labute approximate surface area is 129 Å². The summed E-state index contributed by atoms with van der Waals surface area (Å²) < 4.78 is 47.7. The zero-order valence-corrected chi connectivity index (χ0v) is 13.2. The Bertz CT molecular complexity index is 671. The number of hydrogen-bond donors (Lipinski definition) is 0. The molecule has 0 aliphatic carbocycles. The second-order valence-corrected chi connectivity index (χ2v) is 5.55. The number of halogens is 4. The van der Waals surface area contributed by atoms with Crippen LogP contribution in [0.2, 0.25) is 0 Å². The molecule has 2 aromatic carbocycles. The van der Waals surface area contributed by atoms with Crippen LogP contribution in [0.1, 0.15) is 18.9 Å². The SMILES string of the molecule is CCCOc1cc(Br)c(-c2ccc(C)cc2F)c(F)c1F. The third-order valence-corrected chi connectivity index (χ3v) is 3.61. The highest BCUT2D eigenvalue weighted by Gasteiger charge is 2.21. The Morgan fingerprint density at radius 1 is 1.10 bits per heavy atom. The molecule has 0 N–H and O–H groups in total. The van der Waals surface area contributed by atoms with E-state index in [1.807, 2.05) is 6.92 Å². The van der Waals surface area contributed by atoms with Gasteiger partial charge in [-0.1, -0.05) is 19.1 Å². The molecule has 0 amide bonds. The van der Waals surface area contributed by atoms with Crippen molar-refractivity contribution in [3.8, 4) is 16.9 Å². The van der Waals surface area contributed by atoms with Crippen LogP contribution >= 0.6 is 15.9 Å². The fraction of sp³-hybridized carbons (Fsp3) is 0.250. The van der Waals surface area contributed by atoms with Crippen LogP contribution in [0.5, 0.6) is 5.75 Å². The van der Waals surface area contributed by atoms with Gasteiger partial charge in [-0.2, -0.15) is 4.39 Å².